The Hall–Kier alpha value is -2.35. The SMILES string of the molecule is CCOC(=O)c1ccc(C=C(c2ccc3c(c2)[C@H]2CC[C@H]3C2)C(C)C)cc1. The lowest BCUT2D eigenvalue weighted by Crippen LogP contribution is -2.04. The van der Waals surface area contributed by atoms with Crippen molar-refractivity contribution >= 4 is 17.6 Å². The van der Waals surface area contributed by atoms with Crippen molar-refractivity contribution < 1.29 is 9.53 Å². The third-order valence-corrected chi connectivity index (χ3v) is 6.10. The zero-order valence-corrected chi connectivity index (χ0v) is 16.5. The molecule has 4 rings (SSSR count). The normalized spacial score (nSPS) is 20.8. The van der Waals surface area contributed by atoms with E-state index in [-0.39, 0.29) is 5.97 Å². The number of carbonyl (C=O) groups is 1. The van der Waals surface area contributed by atoms with Crippen LogP contribution in [0.25, 0.3) is 11.6 Å². The number of hydrogen-bond donors (Lipinski definition) is 0. The molecule has 27 heavy (non-hydrogen) atoms. The Morgan fingerprint density at radius 3 is 2.37 bits per heavy atom. The quantitative estimate of drug-likeness (QED) is 0.454. The molecule has 1 fully saturated rings. The fourth-order valence-electron chi connectivity index (χ4n) is 4.72. The van der Waals surface area contributed by atoms with Crippen LogP contribution >= 0.6 is 0 Å². The highest BCUT2D eigenvalue weighted by Gasteiger charge is 2.36. The van der Waals surface area contributed by atoms with E-state index in [0.717, 1.165) is 17.4 Å². The Balaban J connectivity index is 1.63. The summed E-state index contributed by atoms with van der Waals surface area (Å²) in [6, 6.07) is 14.8. The predicted molar refractivity (Wildman–Crippen MR) is 111 cm³/mol. The molecular formula is C25H28O2. The summed E-state index contributed by atoms with van der Waals surface area (Å²) in [5.74, 6) is 1.76. The molecule has 0 N–H and O–H groups in total. The van der Waals surface area contributed by atoms with E-state index in [2.05, 4.69) is 38.1 Å². The van der Waals surface area contributed by atoms with Crippen LogP contribution in [0.5, 0.6) is 0 Å². The van der Waals surface area contributed by atoms with Crippen molar-refractivity contribution in [3.05, 3.63) is 70.3 Å². The minimum Gasteiger partial charge on any atom is -0.462 e. The number of carbonyl (C=O) groups excluding carboxylic acids is 1. The van der Waals surface area contributed by atoms with Gasteiger partial charge in [-0.1, -0.05) is 50.3 Å². The standard InChI is InChI=1S/C25H28O2/c1-4-27-25(26)18-7-5-17(6-8-18)13-23(16(2)3)21-11-12-22-19-9-10-20(14-19)24(22)15-21/h5-8,11-13,15-16,19-20H,4,9-10,14H2,1-3H3/t19-,20-/m0/s1. The van der Waals surface area contributed by atoms with Crippen LogP contribution in [-0.4, -0.2) is 12.6 Å². The first kappa shape index (κ1) is 18.0. The second-order valence-electron chi connectivity index (χ2n) is 8.15. The van der Waals surface area contributed by atoms with Gasteiger partial charge in [-0.15, -0.1) is 0 Å². The van der Waals surface area contributed by atoms with Crippen LogP contribution in [0.3, 0.4) is 0 Å². The molecule has 0 heterocycles. The van der Waals surface area contributed by atoms with Crippen molar-refractivity contribution in [3.8, 4) is 0 Å². The molecule has 0 amide bonds. The van der Waals surface area contributed by atoms with Gasteiger partial charge >= 0.3 is 5.97 Å². The maximum Gasteiger partial charge on any atom is 0.338 e. The van der Waals surface area contributed by atoms with Crippen LogP contribution in [0, 0.1) is 5.92 Å². The average Bonchev–Trinajstić information content (AvgIpc) is 3.28. The summed E-state index contributed by atoms with van der Waals surface area (Å²) in [5.41, 5.74) is 7.60. The van der Waals surface area contributed by atoms with E-state index in [0.29, 0.717) is 18.1 Å². The summed E-state index contributed by atoms with van der Waals surface area (Å²) in [4.78, 5) is 11.8. The molecule has 0 unspecified atom stereocenters. The first-order valence-electron chi connectivity index (χ1n) is 10.2. The number of fused-ring (bicyclic) bond motifs is 5. The van der Waals surface area contributed by atoms with Crippen molar-refractivity contribution in [2.24, 2.45) is 5.92 Å². The number of esters is 1. The Kier molecular flexibility index (Phi) is 4.90. The summed E-state index contributed by atoms with van der Waals surface area (Å²) >= 11 is 0. The van der Waals surface area contributed by atoms with Crippen molar-refractivity contribution in [1.29, 1.82) is 0 Å². The van der Waals surface area contributed by atoms with Crippen LogP contribution in [0.1, 0.15) is 84.5 Å². The third kappa shape index (κ3) is 3.45. The molecule has 0 radical (unpaired) electrons. The van der Waals surface area contributed by atoms with E-state index in [1.165, 1.54) is 30.4 Å². The molecule has 0 spiro atoms. The summed E-state index contributed by atoms with van der Waals surface area (Å²) in [5, 5.41) is 0. The summed E-state index contributed by atoms with van der Waals surface area (Å²) < 4.78 is 5.07. The van der Waals surface area contributed by atoms with Gasteiger partial charge in [0.1, 0.15) is 0 Å². The Morgan fingerprint density at radius 2 is 1.70 bits per heavy atom. The zero-order chi connectivity index (χ0) is 19.0. The number of rotatable bonds is 5. The predicted octanol–water partition coefficient (Wildman–Crippen LogP) is 6.42. The minimum absolute atomic E-state index is 0.259. The lowest BCUT2D eigenvalue weighted by atomic mass is 9.86. The molecule has 0 saturated heterocycles. The minimum atomic E-state index is -0.259. The van der Waals surface area contributed by atoms with Crippen molar-refractivity contribution in [2.75, 3.05) is 6.61 Å². The van der Waals surface area contributed by atoms with Crippen LogP contribution in [0.4, 0.5) is 0 Å². The fourth-order valence-corrected chi connectivity index (χ4v) is 4.72. The molecule has 2 atom stereocenters. The van der Waals surface area contributed by atoms with Gasteiger partial charge in [0.05, 0.1) is 12.2 Å². The monoisotopic (exact) mass is 360 g/mol. The zero-order valence-electron chi connectivity index (χ0n) is 16.5. The van der Waals surface area contributed by atoms with E-state index in [1.807, 2.05) is 31.2 Å². The lowest BCUT2D eigenvalue weighted by Gasteiger charge is -2.19. The fraction of sp³-hybridized carbons (Fsp3) is 0.400. The van der Waals surface area contributed by atoms with E-state index in [1.54, 1.807) is 11.1 Å². The first-order valence-corrected chi connectivity index (χ1v) is 10.2. The van der Waals surface area contributed by atoms with Crippen molar-refractivity contribution in [2.45, 2.75) is 51.9 Å². The van der Waals surface area contributed by atoms with Gasteiger partial charge < -0.3 is 4.74 Å². The molecule has 2 aliphatic rings. The van der Waals surface area contributed by atoms with Crippen LogP contribution in [0.2, 0.25) is 0 Å². The molecule has 2 heteroatoms. The van der Waals surface area contributed by atoms with Crippen LogP contribution in [-0.2, 0) is 4.74 Å². The van der Waals surface area contributed by atoms with Gasteiger partial charge in [0.15, 0.2) is 0 Å². The summed E-state index contributed by atoms with van der Waals surface area (Å²) in [6.45, 7) is 6.72. The first-order chi connectivity index (χ1) is 13.1. The molecule has 2 aliphatic carbocycles. The Labute approximate surface area is 162 Å². The second kappa shape index (κ2) is 7.34. The van der Waals surface area contributed by atoms with Gasteiger partial charge in [-0.3, -0.25) is 0 Å². The molecule has 0 aromatic heterocycles. The number of hydrogen-bond acceptors (Lipinski definition) is 2. The highest BCUT2D eigenvalue weighted by molar-refractivity contribution is 5.90. The highest BCUT2D eigenvalue weighted by atomic mass is 16.5. The Bertz CT molecular complexity index is 874. The van der Waals surface area contributed by atoms with Crippen LogP contribution < -0.4 is 0 Å². The molecule has 2 nitrogen and oxygen atoms in total. The maximum atomic E-state index is 11.8. The molecule has 140 valence electrons. The lowest BCUT2D eigenvalue weighted by molar-refractivity contribution is 0.0526. The van der Waals surface area contributed by atoms with Gasteiger partial charge in [-0.2, -0.15) is 0 Å². The van der Waals surface area contributed by atoms with Gasteiger partial charge in [0.2, 0.25) is 0 Å². The van der Waals surface area contributed by atoms with Gasteiger partial charge in [0, 0.05) is 0 Å². The molecular weight excluding hydrogens is 332 g/mol. The van der Waals surface area contributed by atoms with E-state index in [4.69, 9.17) is 4.74 Å². The molecule has 2 bridgehead atoms. The van der Waals surface area contributed by atoms with Gasteiger partial charge in [-0.25, -0.2) is 4.79 Å². The third-order valence-electron chi connectivity index (χ3n) is 6.10. The number of ether oxygens (including phenoxy) is 1. The van der Waals surface area contributed by atoms with E-state index >= 15 is 0 Å². The highest BCUT2D eigenvalue weighted by Crippen LogP contribution is 2.53. The summed E-state index contributed by atoms with van der Waals surface area (Å²) in [7, 11) is 0. The summed E-state index contributed by atoms with van der Waals surface area (Å²) in [6.07, 6.45) is 6.34. The van der Waals surface area contributed by atoms with Crippen LogP contribution in [0.15, 0.2) is 42.5 Å². The van der Waals surface area contributed by atoms with Gasteiger partial charge in [-0.05, 0) is 83.9 Å². The van der Waals surface area contributed by atoms with E-state index < -0.39 is 0 Å². The molecule has 1 saturated carbocycles. The maximum absolute atomic E-state index is 11.8. The van der Waals surface area contributed by atoms with Crippen molar-refractivity contribution in [3.63, 3.8) is 0 Å². The smallest absolute Gasteiger partial charge is 0.338 e. The molecule has 2 aromatic rings. The van der Waals surface area contributed by atoms with Gasteiger partial charge in [0.25, 0.3) is 0 Å². The number of allylic oxidation sites excluding steroid dienone is 1. The topological polar surface area (TPSA) is 26.3 Å². The largest absolute Gasteiger partial charge is 0.462 e. The average molecular weight is 360 g/mol. The second-order valence-corrected chi connectivity index (χ2v) is 8.15. The molecule has 0 aliphatic heterocycles. The number of benzene rings is 2. The van der Waals surface area contributed by atoms with E-state index in [9.17, 15) is 4.79 Å². The Morgan fingerprint density at radius 1 is 1.04 bits per heavy atom. The van der Waals surface area contributed by atoms with Crippen molar-refractivity contribution in [1.82, 2.24) is 0 Å². The molecule has 2 aromatic carbocycles.